The maximum absolute atomic E-state index is 12.8. The number of methoxy groups -OCH3 is 1. The zero-order valence-electron chi connectivity index (χ0n) is 15.7. The van der Waals surface area contributed by atoms with Crippen molar-refractivity contribution in [1.82, 2.24) is 9.47 Å². The van der Waals surface area contributed by atoms with Gasteiger partial charge in [0.2, 0.25) is 0 Å². The van der Waals surface area contributed by atoms with Crippen LogP contribution in [-0.2, 0) is 4.74 Å². The quantitative estimate of drug-likeness (QED) is 0.779. The summed E-state index contributed by atoms with van der Waals surface area (Å²) in [5.41, 5.74) is 5.32. The van der Waals surface area contributed by atoms with Gasteiger partial charge in [-0.2, -0.15) is 0 Å². The van der Waals surface area contributed by atoms with Gasteiger partial charge in [-0.25, -0.2) is 0 Å². The average molecular weight is 340 g/mol. The molecule has 0 aliphatic carbocycles. The minimum atomic E-state index is 0.210. The van der Waals surface area contributed by atoms with Crippen LogP contribution in [0.1, 0.15) is 40.2 Å². The minimum absolute atomic E-state index is 0.210. The molecule has 2 heterocycles. The van der Waals surface area contributed by atoms with Crippen molar-refractivity contribution >= 4 is 5.78 Å². The van der Waals surface area contributed by atoms with E-state index in [1.54, 1.807) is 7.11 Å². The molecule has 1 fully saturated rings. The van der Waals surface area contributed by atoms with Crippen molar-refractivity contribution in [3.63, 3.8) is 0 Å². The Kier molecular flexibility index (Phi) is 5.40. The zero-order valence-corrected chi connectivity index (χ0v) is 15.7. The van der Waals surface area contributed by atoms with Crippen LogP contribution in [0.25, 0.3) is 5.69 Å². The second-order valence-electron chi connectivity index (χ2n) is 7.09. The summed E-state index contributed by atoms with van der Waals surface area (Å²) in [6, 6.07) is 10.5. The lowest BCUT2D eigenvalue weighted by atomic mass is 10.1. The molecular formula is C21H28N2O2. The van der Waals surface area contributed by atoms with Crippen molar-refractivity contribution in [3.8, 4) is 5.69 Å². The van der Waals surface area contributed by atoms with Crippen LogP contribution >= 0.6 is 0 Å². The summed E-state index contributed by atoms with van der Waals surface area (Å²) in [6.45, 7) is 8.54. The number of aryl methyl sites for hydroxylation is 2. The van der Waals surface area contributed by atoms with Gasteiger partial charge in [-0.05, 0) is 51.8 Å². The van der Waals surface area contributed by atoms with Crippen molar-refractivity contribution in [2.75, 3.05) is 26.7 Å². The molecule has 2 aromatic rings. The fourth-order valence-electron chi connectivity index (χ4n) is 3.73. The summed E-state index contributed by atoms with van der Waals surface area (Å²) in [4.78, 5) is 15.1. The van der Waals surface area contributed by atoms with E-state index in [1.807, 2.05) is 13.0 Å². The number of Topliss-reactive ketones (excluding diaryl/α,β-unsaturated/α-hetero) is 1. The molecule has 1 aliphatic heterocycles. The predicted molar refractivity (Wildman–Crippen MR) is 101 cm³/mol. The molecule has 4 nitrogen and oxygen atoms in total. The number of rotatable bonds is 5. The third kappa shape index (κ3) is 3.86. The molecule has 25 heavy (non-hydrogen) atoms. The van der Waals surface area contributed by atoms with Gasteiger partial charge in [0.25, 0.3) is 0 Å². The standard InChI is InChI=1S/C21H28N2O2/c1-15-5-7-18(8-6-15)23-16(2)13-20(17(23)3)21(24)14-22-11-9-19(25-4)10-12-22/h5-8,13,19H,9-12,14H2,1-4H3. The lowest BCUT2D eigenvalue weighted by Crippen LogP contribution is -2.39. The number of carbonyl (C=O) groups is 1. The molecule has 1 aromatic carbocycles. The van der Waals surface area contributed by atoms with Gasteiger partial charge in [-0.15, -0.1) is 0 Å². The fourth-order valence-corrected chi connectivity index (χ4v) is 3.73. The lowest BCUT2D eigenvalue weighted by Gasteiger charge is -2.30. The topological polar surface area (TPSA) is 34.5 Å². The van der Waals surface area contributed by atoms with E-state index >= 15 is 0 Å². The number of ether oxygens (including phenoxy) is 1. The maximum atomic E-state index is 12.8. The Morgan fingerprint density at radius 1 is 1.12 bits per heavy atom. The van der Waals surface area contributed by atoms with Gasteiger partial charge >= 0.3 is 0 Å². The van der Waals surface area contributed by atoms with Gasteiger partial charge < -0.3 is 9.30 Å². The van der Waals surface area contributed by atoms with Crippen LogP contribution in [0.2, 0.25) is 0 Å². The van der Waals surface area contributed by atoms with Crippen molar-refractivity contribution < 1.29 is 9.53 Å². The van der Waals surface area contributed by atoms with E-state index in [1.165, 1.54) is 5.56 Å². The summed E-state index contributed by atoms with van der Waals surface area (Å²) in [5, 5.41) is 0. The monoisotopic (exact) mass is 340 g/mol. The Labute approximate surface area is 150 Å². The van der Waals surface area contributed by atoms with Gasteiger partial charge in [-0.3, -0.25) is 9.69 Å². The summed E-state index contributed by atoms with van der Waals surface area (Å²) in [7, 11) is 1.77. The summed E-state index contributed by atoms with van der Waals surface area (Å²) in [5.74, 6) is 0.210. The molecule has 0 atom stereocenters. The molecule has 0 amide bonds. The van der Waals surface area contributed by atoms with Crippen molar-refractivity contribution in [2.45, 2.75) is 39.7 Å². The summed E-state index contributed by atoms with van der Waals surface area (Å²) < 4.78 is 7.58. The molecule has 0 spiro atoms. The predicted octanol–water partition coefficient (Wildman–Crippen LogP) is 3.70. The highest BCUT2D eigenvalue weighted by atomic mass is 16.5. The molecule has 0 N–H and O–H groups in total. The van der Waals surface area contributed by atoms with Crippen LogP contribution < -0.4 is 0 Å². The number of ketones is 1. The van der Waals surface area contributed by atoms with Crippen molar-refractivity contribution in [2.24, 2.45) is 0 Å². The zero-order chi connectivity index (χ0) is 18.0. The first-order valence-electron chi connectivity index (χ1n) is 9.04. The Morgan fingerprint density at radius 2 is 1.76 bits per heavy atom. The number of likely N-dealkylation sites (tertiary alicyclic amines) is 1. The molecule has 0 bridgehead atoms. The van der Waals surface area contributed by atoms with E-state index in [-0.39, 0.29) is 5.78 Å². The maximum Gasteiger partial charge on any atom is 0.178 e. The van der Waals surface area contributed by atoms with Crippen LogP contribution in [0, 0.1) is 20.8 Å². The molecule has 0 saturated carbocycles. The third-order valence-corrected chi connectivity index (χ3v) is 5.26. The van der Waals surface area contributed by atoms with Gasteiger partial charge in [0, 0.05) is 42.8 Å². The van der Waals surface area contributed by atoms with Crippen molar-refractivity contribution in [3.05, 3.63) is 52.8 Å². The van der Waals surface area contributed by atoms with Gasteiger partial charge in [0.1, 0.15) is 0 Å². The van der Waals surface area contributed by atoms with Crippen LogP contribution in [0.15, 0.2) is 30.3 Å². The molecule has 0 unspecified atom stereocenters. The van der Waals surface area contributed by atoms with Gasteiger partial charge in [-0.1, -0.05) is 17.7 Å². The largest absolute Gasteiger partial charge is 0.381 e. The molecule has 4 heteroatoms. The normalized spacial score (nSPS) is 16.3. The van der Waals surface area contributed by atoms with E-state index in [0.29, 0.717) is 12.6 Å². The van der Waals surface area contributed by atoms with Gasteiger partial charge in [0.05, 0.1) is 12.6 Å². The van der Waals surface area contributed by atoms with E-state index < -0.39 is 0 Å². The minimum Gasteiger partial charge on any atom is -0.381 e. The molecule has 1 saturated heterocycles. The molecule has 1 aromatic heterocycles. The highest BCUT2D eigenvalue weighted by Crippen LogP contribution is 2.22. The SMILES string of the molecule is COC1CCN(CC(=O)c2cc(C)n(-c3ccc(C)cc3)c2C)CC1. The van der Waals surface area contributed by atoms with Crippen LogP contribution in [-0.4, -0.2) is 48.1 Å². The highest BCUT2D eigenvalue weighted by Gasteiger charge is 2.23. The first-order chi connectivity index (χ1) is 12.0. The van der Waals surface area contributed by atoms with Gasteiger partial charge in [0.15, 0.2) is 5.78 Å². The van der Waals surface area contributed by atoms with E-state index in [9.17, 15) is 4.79 Å². The number of carbonyl (C=O) groups excluding carboxylic acids is 1. The number of aromatic nitrogens is 1. The van der Waals surface area contributed by atoms with Crippen LogP contribution in [0.4, 0.5) is 0 Å². The van der Waals surface area contributed by atoms with E-state index in [2.05, 4.69) is 47.6 Å². The number of benzene rings is 1. The number of hydrogen-bond donors (Lipinski definition) is 0. The van der Waals surface area contributed by atoms with E-state index in [4.69, 9.17) is 4.74 Å². The average Bonchev–Trinajstić information content (AvgIpc) is 2.91. The molecular weight excluding hydrogens is 312 g/mol. The van der Waals surface area contributed by atoms with Crippen LogP contribution in [0.3, 0.4) is 0 Å². The van der Waals surface area contributed by atoms with E-state index in [0.717, 1.165) is 48.6 Å². The Balaban J connectivity index is 1.76. The lowest BCUT2D eigenvalue weighted by molar-refractivity contribution is 0.0401. The fraction of sp³-hybridized carbons (Fsp3) is 0.476. The third-order valence-electron chi connectivity index (χ3n) is 5.26. The Hall–Kier alpha value is -1.91. The molecule has 134 valence electrons. The molecule has 3 rings (SSSR count). The Bertz CT molecular complexity index is 738. The number of hydrogen-bond acceptors (Lipinski definition) is 3. The number of nitrogens with zero attached hydrogens (tertiary/aromatic N) is 2. The summed E-state index contributed by atoms with van der Waals surface area (Å²) in [6.07, 6.45) is 2.36. The molecule has 0 radical (unpaired) electrons. The smallest absolute Gasteiger partial charge is 0.178 e. The van der Waals surface area contributed by atoms with Crippen molar-refractivity contribution in [1.29, 1.82) is 0 Å². The summed E-state index contributed by atoms with van der Waals surface area (Å²) >= 11 is 0. The molecule has 1 aliphatic rings. The second-order valence-corrected chi connectivity index (χ2v) is 7.09. The first kappa shape index (κ1) is 17.9. The number of piperidine rings is 1. The Morgan fingerprint density at radius 3 is 2.36 bits per heavy atom. The van der Waals surface area contributed by atoms with Crippen LogP contribution in [0.5, 0.6) is 0 Å². The second kappa shape index (κ2) is 7.54. The first-order valence-corrected chi connectivity index (χ1v) is 9.04. The highest BCUT2D eigenvalue weighted by molar-refractivity contribution is 5.99.